The van der Waals surface area contributed by atoms with Crippen LogP contribution >= 0.6 is 11.6 Å². The summed E-state index contributed by atoms with van der Waals surface area (Å²) in [5.41, 5.74) is 1.24. The third kappa shape index (κ3) is 4.49. The molecule has 0 saturated carbocycles. The summed E-state index contributed by atoms with van der Waals surface area (Å²) in [6, 6.07) is 7.99. The van der Waals surface area contributed by atoms with Crippen molar-refractivity contribution >= 4 is 17.5 Å². The molecule has 0 aromatic heterocycles. The summed E-state index contributed by atoms with van der Waals surface area (Å²) in [6.45, 7) is 5.28. The summed E-state index contributed by atoms with van der Waals surface area (Å²) >= 11 is 5.99. The Hall–Kier alpha value is -1.10. The molecule has 1 aromatic rings. The van der Waals surface area contributed by atoms with E-state index in [2.05, 4.69) is 21.2 Å². The van der Waals surface area contributed by atoms with Gasteiger partial charge in [-0.2, -0.15) is 0 Å². The van der Waals surface area contributed by atoms with Gasteiger partial charge in [-0.15, -0.1) is 0 Å². The average molecular weight is 282 g/mol. The second kappa shape index (κ2) is 6.89. The van der Waals surface area contributed by atoms with Gasteiger partial charge in [-0.1, -0.05) is 23.7 Å². The van der Waals surface area contributed by atoms with Crippen molar-refractivity contribution in [3.8, 4) is 0 Å². The molecule has 0 atom stereocenters. The standard InChI is InChI=1S/C14H20ClN3O/c1-16-14(19)11-18-7-5-17(6-8-18)10-12-3-2-4-13(15)9-12/h2-4,9H,5-8,10-11H2,1H3,(H,16,19). The smallest absolute Gasteiger partial charge is 0.233 e. The maximum atomic E-state index is 11.3. The van der Waals surface area contributed by atoms with Crippen molar-refractivity contribution in [3.05, 3.63) is 34.9 Å². The highest BCUT2D eigenvalue weighted by molar-refractivity contribution is 6.30. The summed E-state index contributed by atoms with van der Waals surface area (Å²) < 4.78 is 0. The molecule has 19 heavy (non-hydrogen) atoms. The van der Waals surface area contributed by atoms with Crippen molar-refractivity contribution in [1.82, 2.24) is 15.1 Å². The van der Waals surface area contributed by atoms with Crippen LogP contribution in [0, 0.1) is 0 Å². The van der Waals surface area contributed by atoms with Crippen LogP contribution in [0.15, 0.2) is 24.3 Å². The number of carbonyl (C=O) groups excluding carboxylic acids is 1. The SMILES string of the molecule is CNC(=O)CN1CCN(Cc2cccc(Cl)c2)CC1. The molecule has 5 heteroatoms. The van der Waals surface area contributed by atoms with Gasteiger partial charge < -0.3 is 5.32 Å². The molecule has 1 aromatic carbocycles. The number of amides is 1. The van der Waals surface area contributed by atoms with Crippen LogP contribution in [-0.4, -0.2) is 55.5 Å². The molecular formula is C14H20ClN3O. The lowest BCUT2D eigenvalue weighted by Crippen LogP contribution is -2.48. The van der Waals surface area contributed by atoms with Crippen LogP contribution in [-0.2, 0) is 11.3 Å². The predicted molar refractivity (Wildman–Crippen MR) is 77.2 cm³/mol. The van der Waals surface area contributed by atoms with Crippen molar-refractivity contribution in [2.24, 2.45) is 0 Å². The van der Waals surface area contributed by atoms with E-state index in [1.165, 1.54) is 5.56 Å². The second-order valence-electron chi connectivity index (χ2n) is 4.86. The Morgan fingerprint density at radius 3 is 2.58 bits per heavy atom. The predicted octanol–water partition coefficient (Wildman–Crippen LogP) is 1.20. The van der Waals surface area contributed by atoms with Crippen LogP contribution in [0.3, 0.4) is 0 Å². The maximum Gasteiger partial charge on any atom is 0.233 e. The topological polar surface area (TPSA) is 35.6 Å². The van der Waals surface area contributed by atoms with Crippen LogP contribution in [0.4, 0.5) is 0 Å². The van der Waals surface area contributed by atoms with Gasteiger partial charge in [0.25, 0.3) is 0 Å². The van der Waals surface area contributed by atoms with Gasteiger partial charge in [0, 0.05) is 44.8 Å². The van der Waals surface area contributed by atoms with E-state index in [0.717, 1.165) is 37.7 Å². The molecule has 0 unspecified atom stereocenters. The number of benzene rings is 1. The van der Waals surface area contributed by atoms with Crippen molar-refractivity contribution in [2.75, 3.05) is 39.8 Å². The van der Waals surface area contributed by atoms with Crippen molar-refractivity contribution < 1.29 is 4.79 Å². The van der Waals surface area contributed by atoms with E-state index in [0.29, 0.717) is 6.54 Å². The molecule has 0 radical (unpaired) electrons. The number of hydrogen-bond acceptors (Lipinski definition) is 3. The number of hydrogen-bond donors (Lipinski definition) is 1. The fourth-order valence-corrected chi connectivity index (χ4v) is 2.49. The number of halogens is 1. The highest BCUT2D eigenvalue weighted by atomic mass is 35.5. The Kier molecular flexibility index (Phi) is 5.19. The van der Waals surface area contributed by atoms with E-state index >= 15 is 0 Å². The van der Waals surface area contributed by atoms with Gasteiger partial charge in [0.05, 0.1) is 6.54 Å². The largest absolute Gasteiger partial charge is 0.358 e. The molecule has 0 bridgehead atoms. The fraction of sp³-hybridized carbons (Fsp3) is 0.500. The maximum absolute atomic E-state index is 11.3. The molecule has 1 N–H and O–H groups in total. The number of nitrogens with one attached hydrogen (secondary N) is 1. The quantitative estimate of drug-likeness (QED) is 0.901. The van der Waals surface area contributed by atoms with Crippen molar-refractivity contribution in [3.63, 3.8) is 0 Å². The summed E-state index contributed by atoms with van der Waals surface area (Å²) in [5, 5.41) is 3.45. The monoisotopic (exact) mass is 281 g/mol. The number of rotatable bonds is 4. The number of nitrogens with zero attached hydrogens (tertiary/aromatic N) is 2. The molecule has 1 fully saturated rings. The molecule has 104 valence electrons. The Morgan fingerprint density at radius 2 is 1.95 bits per heavy atom. The van der Waals surface area contributed by atoms with Gasteiger partial charge in [-0.25, -0.2) is 0 Å². The molecule has 4 nitrogen and oxygen atoms in total. The van der Waals surface area contributed by atoms with E-state index in [9.17, 15) is 4.79 Å². The normalized spacial score (nSPS) is 17.4. The molecule has 2 rings (SSSR count). The lowest BCUT2D eigenvalue weighted by Gasteiger charge is -2.34. The fourth-order valence-electron chi connectivity index (χ4n) is 2.28. The molecule has 0 spiro atoms. The van der Waals surface area contributed by atoms with E-state index in [4.69, 9.17) is 11.6 Å². The molecule has 1 aliphatic heterocycles. The zero-order valence-corrected chi connectivity index (χ0v) is 12.0. The minimum atomic E-state index is 0.0864. The summed E-state index contributed by atoms with van der Waals surface area (Å²) in [7, 11) is 1.68. The van der Waals surface area contributed by atoms with Crippen molar-refractivity contribution in [1.29, 1.82) is 0 Å². The summed E-state index contributed by atoms with van der Waals surface area (Å²) in [4.78, 5) is 15.9. The third-order valence-electron chi connectivity index (χ3n) is 3.41. The van der Waals surface area contributed by atoms with E-state index in [1.807, 2.05) is 18.2 Å². The first-order chi connectivity index (χ1) is 9.17. The summed E-state index contributed by atoms with van der Waals surface area (Å²) in [5.74, 6) is 0.0864. The van der Waals surface area contributed by atoms with Gasteiger partial charge in [0.2, 0.25) is 5.91 Å². The van der Waals surface area contributed by atoms with Crippen molar-refractivity contribution in [2.45, 2.75) is 6.54 Å². The van der Waals surface area contributed by atoms with Gasteiger partial charge in [-0.3, -0.25) is 14.6 Å². The molecule has 1 amide bonds. The van der Waals surface area contributed by atoms with Gasteiger partial charge in [0.1, 0.15) is 0 Å². The van der Waals surface area contributed by atoms with Crippen LogP contribution < -0.4 is 5.32 Å². The highest BCUT2D eigenvalue weighted by Gasteiger charge is 2.18. The zero-order valence-electron chi connectivity index (χ0n) is 11.2. The Labute approximate surface area is 119 Å². The number of likely N-dealkylation sites (N-methyl/N-ethyl adjacent to an activating group) is 1. The minimum Gasteiger partial charge on any atom is -0.358 e. The minimum absolute atomic E-state index is 0.0864. The van der Waals surface area contributed by atoms with E-state index in [1.54, 1.807) is 7.05 Å². The molecule has 1 heterocycles. The van der Waals surface area contributed by atoms with Crippen LogP contribution in [0.1, 0.15) is 5.56 Å². The number of piperazine rings is 1. The van der Waals surface area contributed by atoms with Gasteiger partial charge in [-0.05, 0) is 17.7 Å². The van der Waals surface area contributed by atoms with Crippen LogP contribution in [0.25, 0.3) is 0 Å². The Balaban J connectivity index is 1.79. The lowest BCUT2D eigenvalue weighted by atomic mass is 10.2. The first-order valence-corrected chi connectivity index (χ1v) is 6.95. The molecule has 1 saturated heterocycles. The van der Waals surface area contributed by atoms with E-state index in [-0.39, 0.29) is 5.91 Å². The summed E-state index contributed by atoms with van der Waals surface area (Å²) in [6.07, 6.45) is 0. The first-order valence-electron chi connectivity index (χ1n) is 6.57. The third-order valence-corrected chi connectivity index (χ3v) is 3.64. The zero-order chi connectivity index (χ0) is 13.7. The lowest BCUT2D eigenvalue weighted by molar-refractivity contribution is -0.122. The van der Waals surface area contributed by atoms with Crippen LogP contribution in [0.5, 0.6) is 0 Å². The van der Waals surface area contributed by atoms with Crippen LogP contribution in [0.2, 0.25) is 5.02 Å². The highest BCUT2D eigenvalue weighted by Crippen LogP contribution is 2.13. The molecular weight excluding hydrogens is 262 g/mol. The second-order valence-corrected chi connectivity index (χ2v) is 5.29. The van der Waals surface area contributed by atoms with E-state index < -0.39 is 0 Å². The Bertz CT molecular complexity index is 430. The average Bonchev–Trinajstić information content (AvgIpc) is 2.41. The molecule has 1 aliphatic rings. The van der Waals surface area contributed by atoms with Gasteiger partial charge in [0.15, 0.2) is 0 Å². The number of carbonyl (C=O) groups is 1. The first kappa shape index (κ1) is 14.3. The van der Waals surface area contributed by atoms with Gasteiger partial charge >= 0.3 is 0 Å². The Morgan fingerprint density at radius 1 is 1.26 bits per heavy atom. The molecule has 0 aliphatic carbocycles.